The second kappa shape index (κ2) is 11.6. The average Bonchev–Trinajstić information content (AvgIpc) is 2.88. The van der Waals surface area contributed by atoms with Crippen LogP contribution >= 0.6 is 0 Å². The number of nitrogens with zero attached hydrogens (tertiary/aromatic N) is 2. The van der Waals surface area contributed by atoms with Gasteiger partial charge in [-0.05, 0) is 85.7 Å². The third-order valence-electron chi connectivity index (χ3n) is 6.82. The van der Waals surface area contributed by atoms with Crippen LogP contribution in [0.2, 0.25) is 0 Å². The van der Waals surface area contributed by atoms with Crippen LogP contribution in [0, 0.1) is 35.3 Å². The Balaban J connectivity index is 1.35. The van der Waals surface area contributed by atoms with Crippen molar-refractivity contribution in [2.24, 2.45) is 11.8 Å². The molecule has 0 unspecified atom stereocenters. The molecular formula is C28H30F2N2O3. The first kappa shape index (κ1) is 25.1. The molecule has 7 heteroatoms. The number of aromatic nitrogens is 1. The highest BCUT2D eigenvalue weighted by molar-refractivity contribution is 5.83. The number of benzene rings is 2. The van der Waals surface area contributed by atoms with Crippen LogP contribution in [0.1, 0.15) is 36.5 Å². The maximum absolute atomic E-state index is 13.8. The van der Waals surface area contributed by atoms with Gasteiger partial charge in [-0.3, -0.25) is 9.88 Å². The van der Waals surface area contributed by atoms with E-state index in [1.807, 2.05) is 24.3 Å². The minimum absolute atomic E-state index is 0.0498. The van der Waals surface area contributed by atoms with Crippen molar-refractivity contribution in [3.63, 3.8) is 0 Å². The minimum Gasteiger partial charge on any atom is -0.497 e. The second-order valence-corrected chi connectivity index (χ2v) is 9.03. The van der Waals surface area contributed by atoms with E-state index in [0.717, 1.165) is 59.8 Å². The Morgan fingerprint density at radius 1 is 1.17 bits per heavy atom. The number of rotatable bonds is 7. The lowest BCUT2D eigenvalue weighted by molar-refractivity contribution is 0.0640. The highest BCUT2D eigenvalue weighted by atomic mass is 19.1. The Morgan fingerprint density at radius 2 is 2.03 bits per heavy atom. The summed E-state index contributed by atoms with van der Waals surface area (Å²) in [4.78, 5) is 6.51. The van der Waals surface area contributed by atoms with Gasteiger partial charge in [-0.15, -0.1) is 0 Å². The molecule has 0 bridgehead atoms. The molecule has 5 nitrogen and oxygen atoms in total. The van der Waals surface area contributed by atoms with Crippen molar-refractivity contribution in [3.8, 4) is 17.6 Å². The maximum atomic E-state index is 13.8. The lowest BCUT2D eigenvalue weighted by atomic mass is 9.81. The number of aliphatic hydroxyl groups excluding tert-OH is 2. The number of ether oxygens (including phenoxy) is 1. The number of aliphatic hydroxyl groups is 2. The highest BCUT2D eigenvalue weighted by Crippen LogP contribution is 2.33. The smallest absolute Gasteiger partial charge is 0.139 e. The van der Waals surface area contributed by atoms with Crippen molar-refractivity contribution in [3.05, 3.63) is 71.4 Å². The largest absolute Gasteiger partial charge is 0.497 e. The fourth-order valence-electron chi connectivity index (χ4n) is 4.82. The molecule has 3 atom stereocenters. The topological polar surface area (TPSA) is 65.8 Å². The molecule has 0 radical (unpaired) electrons. The number of pyridine rings is 1. The Bertz CT molecular complexity index is 1220. The predicted molar refractivity (Wildman–Crippen MR) is 131 cm³/mol. The summed E-state index contributed by atoms with van der Waals surface area (Å²) in [5, 5.41) is 21.8. The lowest BCUT2D eigenvalue weighted by Crippen LogP contribution is -2.42. The Labute approximate surface area is 204 Å². The standard InChI is InChI=1S/C28H30F2N2O3/c1-35-23-6-8-27-25(16-23)24(10-12-31-27)28(34)9-4-19-11-14-32(17-21(19)18-33)13-2-3-20-15-22(29)5-7-26(20)30/h5-8,10,12,15-16,19,21,28,33-34H,4,9,11,13-14,17-18H2,1H3/t19-,21-,28+/m1/s1. The quantitative estimate of drug-likeness (QED) is 0.493. The van der Waals surface area contributed by atoms with Crippen LogP contribution in [-0.2, 0) is 0 Å². The van der Waals surface area contributed by atoms with Gasteiger partial charge in [0.1, 0.15) is 17.4 Å². The monoisotopic (exact) mass is 480 g/mol. The molecule has 1 aliphatic heterocycles. The van der Waals surface area contributed by atoms with E-state index in [0.29, 0.717) is 19.5 Å². The normalized spacial score (nSPS) is 19.2. The Kier molecular flexibility index (Phi) is 8.29. The van der Waals surface area contributed by atoms with Crippen LogP contribution in [0.3, 0.4) is 0 Å². The number of likely N-dealkylation sites (tertiary alicyclic amines) is 1. The zero-order chi connectivity index (χ0) is 24.8. The molecule has 0 amide bonds. The van der Waals surface area contributed by atoms with Crippen LogP contribution in [0.4, 0.5) is 8.78 Å². The van der Waals surface area contributed by atoms with Crippen LogP contribution in [-0.4, -0.2) is 53.4 Å². The van der Waals surface area contributed by atoms with Gasteiger partial charge in [-0.25, -0.2) is 8.78 Å². The van der Waals surface area contributed by atoms with Crippen LogP contribution in [0.25, 0.3) is 10.9 Å². The molecule has 2 N–H and O–H groups in total. The summed E-state index contributed by atoms with van der Waals surface area (Å²) in [6.45, 7) is 1.95. The van der Waals surface area contributed by atoms with E-state index in [-0.39, 0.29) is 24.0 Å². The molecule has 2 aromatic carbocycles. The van der Waals surface area contributed by atoms with Gasteiger partial charge >= 0.3 is 0 Å². The van der Waals surface area contributed by atoms with Crippen molar-refractivity contribution >= 4 is 10.9 Å². The van der Waals surface area contributed by atoms with Crippen molar-refractivity contribution in [1.82, 2.24) is 9.88 Å². The Hall–Kier alpha value is -3.05. The van der Waals surface area contributed by atoms with Gasteiger partial charge < -0.3 is 14.9 Å². The third-order valence-corrected chi connectivity index (χ3v) is 6.82. The zero-order valence-electron chi connectivity index (χ0n) is 19.8. The van der Waals surface area contributed by atoms with Crippen LogP contribution in [0.15, 0.2) is 48.7 Å². The van der Waals surface area contributed by atoms with Gasteiger partial charge in [0.15, 0.2) is 0 Å². The molecule has 2 heterocycles. The van der Waals surface area contributed by atoms with E-state index < -0.39 is 17.7 Å². The summed E-state index contributed by atoms with van der Waals surface area (Å²) in [5.74, 6) is 5.65. The summed E-state index contributed by atoms with van der Waals surface area (Å²) < 4.78 is 32.4. The molecule has 0 saturated carbocycles. The first-order valence-corrected chi connectivity index (χ1v) is 11.9. The van der Waals surface area contributed by atoms with E-state index in [1.165, 1.54) is 0 Å². The maximum Gasteiger partial charge on any atom is 0.139 e. The molecule has 35 heavy (non-hydrogen) atoms. The van der Waals surface area contributed by atoms with Gasteiger partial charge in [0.2, 0.25) is 0 Å². The van der Waals surface area contributed by atoms with Crippen molar-refractivity contribution < 1.29 is 23.7 Å². The molecule has 1 fully saturated rings. The molecule has 3 aromatic rings. The van der Waals surface area contributed by atoms with Gasteiger partial charge in [-0.2, -0.15) is 0 Å². The van der Waals surface area contributed by atoms with E-state index in [1.54, 1.807) is 13.3 Å². The third kappa shape index (κ3) is 6.15. The second-order valence-electron chi connectivity index (χ2n) is 9.03. The Morgan fingerprint density at radius 3 is 2.83 bits per heavy atom. The van der Waals surface area contributed by atoms with Gasteiger partial charge in [-0.1, -0.05) is 11.8 Å². The zero-order valence-corrected chi connectivity index (χ0v) is 19.8. The van der Waals surface area contributed by atoms with Gasteiger partial charge in [0.05, 0.1) is 30.8 Å². The fraction of sp³-hybridized carbons (Fsp3) is 0.393. The predicted octanol–water partition coefficient (Wildman–Crippen LogP) is 4.32. The molecule has 4 rings (SSSR count). The summed E-state index contributed by atoms with van der Waals surface area (Å²) in [5.41, 5.74) is 1.68. The molecular weight excluding hydrogens is 450 g/mol. The number of methoxy groups -OCH3 is 1. The summed E-state index contributed by atoms with van der Waals surface area (Å²) in [6, 6.07) is 10.7. The fourth-order valence-corrected chi connectivity index (χ4v) is 4.82. The highest BCUT2D eigenvalue weighted by Gasteiger charge is 2.29. The molecule has 1 aromatic heterocycles. The number of hydrogen-bond acceptors (Lipinski definition) is 5. The van der Waals surface area contributed by atoms with E-state index in [4.69, 9.17) is 4.74 Å². The summed E-state index contributed by atoms with van der Waals surface area (Å²) in [7, 11) is 1.61. The molecule has 1 saturated heterocycles. The molecule has 0 spiro atoms. The van der Waals surface area contributed by atoms with Gasteiger partial charge in [0.25, 0.3) is 0 Å². The number of hydrogen-bond donors (Lipinski definition) is 2. The van der Waals surface area contributed by atoms with E-state index >= 15 is 0 Å². The van der Waals surface area contributed by atoms with Crippen molar-refractivity contribution in [1.29, 1.82) is 0 Å². The SMILES string of the molecule is COc1ccc2nccc([C@@H](O)CC[C@@H]3CCN(CC#Cc4cc(F)ccc4F)C[C@@H]3CO)c2c1. The van der Waals surface area contributed by atoms with Crippen molar-refractivity contribution in [2.75, 3.05) is 33.4 Å². The molecule has 0 aliphatic carbocycles. The number of fused-ring (bicyclic) bond motifs is 1. The molecule has 184 valence electrons. The van der Waals surface area contributed by atoms with Crippen LogP contribution < -0.4 is 4.74 Å². The minimum atomic E-state index is -0.642. The summed E-state index contributed by atoms with van der Waals surface area (Å²) >= 11 is 0. The lowest BCUT2D eigenvalue weighted by Gasteiger charge is -2.37. The van der Waals surface area contributed by atoms with Crippen LogP contribution in [0.5, 0.6) is 5.75 Å². The number of halogens is 2. The van der Waals surface area contributed by atoms with E-state index in [9.17, 15) is 19.0 Å². The molecule has 1 aliphatic rings. The van der Waals surface area contributed by atoms with Gasteiger partial charge in [0, 0.05) is 24.7 Å². The number of piperidine rings is 1. The average molecular weight is 481 g/mol. The first-order valence-electron chi connectivity index (χ1n) is 11.9. The van der Waals surface area contributed by atoms with Crippen molar-refractivity contribution in [2.45, 2.75) is 25.4 Å². The summed E-state index contributed by atoms with van der Waals surface area (Å²) in [6.07, 6.45) is 3.31. The van der Waals surface area contributed by atoms with E-state index in [2.05, 4.69) is 21.7 Å². The first-order chi connectivity index (χ1) is 17.0.